The van der Waals surface area contributed by atoms with E-state index in [2.05, 4.69) is 36.1 Å². The Bertz CT molecular complexity index is 352. The Kier molecular flexibility index (Phi) is 2.60. The summed E-state index contributed by atoms with van der Waals surface area (Å²) >= 11 is 0. The lowest BCUT2D eigenvalue weighted by Gasteiger charge is -2.44. The van der Waals surface area contributed by atoms with Crippen LogP contribution < -0.4 is 4.74 Å². The van der Waals surface area contributed by atoms with Gasteiger partial charge in [-0.05, 0) is 50.9 Å². The van der Waals surface area contributed by atoms with E-state index >= 15 is 0 Å². The lowest BCUT2D eigenvalue weighted by molar-refractivity contribution is -0.00776. The van der Waals surface area contributed by atoms with Gasteiger partial charge in [-0.1, -0.05) is 17.7 Å². The second-order valence-electron chi connectivity index (χ2n) is 5.11. The third-order valence-corrected chi connectivity index (χ3v) is 3.90. The molecule has 3 fully saturated rings. The monoisotopic (exact) mass is 217 g/mol. The van der Waals surface area contributed by atoms with E-state index in [-0.39, 0.29) is 0 Å². The molecular formula is C14H19NO. The highest BCUT2D eigenvalue weighted by atomic mass is 16.5. The number of benzene rings is 1. The van der Waals surface area contributed by atoms with Crippen molar-refractivity contribution in [2.24, 2.45) is 5.92 Å². The molecule has 3 saturated heterocycles. The molecule has 3 heterocycles. The number of hydrogen-bond acceptors (Lipinski definition) is 2. The molecule has 0 saturated carbocycles. The maximum atomic E-state index is 6.10. The van der Waals surface area contributed by atoms with E-state index in [0.29, 0.717) is 6.10 Å². The van der Waals surface area contributed by atoms with Crippen molar-refractivity contribution < 1.29 is 4.74 Å². The fourth-order valence-corrected chi connectivity index (χ4v) is 2.84. The highest BCUT2D eigenvalue weighted by molar-refractivity contribution is 5.26. The molecule has 16 heavy (non-hydrogen) atoms. The number of fused-ring (bicyclic) bond motifs is 3. The minimum absolute atomic E-state index is 0.421. The summed E-state index contributed by atoms with van der Waals surface area (Å²) < 4.78 is 6.10. The first kappa shape index (κ1) is 10.2. The van der Waals surface area contributed by atoms with Gasteiger partial charge in [0.25, 0.3) is 0 Å². The third kappa shape index (κ3) is 1.94. The molecule has 1 aromatic rings. The van der Waals surface area contributed by atoms with E-state index in [1.807, 2.05) is 0 Å². The van der Waals surface area contributed by atoms with Gasteiger partial charge in [0.1, 0.15) is 11.9 Å². The van der Waals surface area contributed by atoms with Crippen LogP contribution in [0.15, 0.2) is 24.3 Å². The van der Waals surface area contributed by atoms with E-state index in [1.165, 1.54) is 31.5 Å². The molecule has 2 bridgehead atoms. The first-order valence-electron chi connectivity index (χ1n) is 6.27. The Hall–Kier alpha value is -1.02. The molecule has 0 amide bonds. The molecule has 1 aromatic carbocycles. The lowest BCUT2D eigenvalue weighted by atomic mass is 9.86. The Balaban J connectivity index is 1.68. The highest BCUT2D eigenvalue weighted by Crippen LogP contribution is 2.30. The van der Waals surface area contributed by atoms with Crippen molar-refractivity contribution in [3.05, 3.63) is 29.8 Å². The van der Waals surface area contributed by atoms with Crippen LogP contribution in [0.5, 0.6) is 5.75 Å². The summed E-state index contributed by atoms with van der Waals surface area (Å²) in [6, 6.07) is 8.42. The van der Waals surface area contributed by atoms with Gasteiger partial charge in [0.05, 0.1) is 0 Å². The van der Waals surface area contributed by atoms with E-state index in [1.54, 1.807) is 0 Å². The summed E-state index contributed by atoms with van der Waals surface area (Å²) in [5, 5.41) is 0. The second-order valence-corrected chi connectivity index (χ2v) is 5.11. The number of aryl methyl sites for hydroxylation is 1. The van der Waals surface area contributed by atoms with Crippen molar-refractivity contribution in [2.75, 3.05) is 19.6 Å². The van der Waals surface area contributed by atoms with Gasteiger partial charge in [0.15, 0.2) is 0 Å². The third-order valence-electron chi connectivity index (χ3n) is 3.90. The fraction of sp³-hybridized carbons (Fsp3) is 0.571. The Morgan fingerprint density at radius 2 is 1.81 bits per heavy atom. The molecule has 0 radical (unpaired) electrons. The van der Waals surface area contributed by atoms with Crippen LogP contribution in [0.25, 0.3) is 0 Å². The summed E-state index contributed by atoms with van der Waals surface area (Å²) in [5.74, 6) is 1.82. The van der Waals surface area contributed by atoms with Gasteiger partial charge in [-0.2, -0.15) is 0 Å². The maximum absolute atomic E-state index is 6.10. The number of hydrogen-bond donors (Lipinski definition) is 0. The van der Waals surface area contributed by atoms with Crippen molar-refractivity contribution in [3.8, 4) is 5.75 Å². The topological polar surface area (TPSA) is 12.5 Å². The zero-order valence-corrected chi connectivity index (χ0v) is 9.86. The molecule has 1 atom stereocenters. The molecule has 0 unspecified atom stereocenters. The smallest absolute Gasteiger partial charge is 0.119 e. The van der Waals surface area contributed by atoms with E-state index in [0.717, 1.165) is 18.2 Å². The molecule has 0 N–H and O–H groups in total. The molecule has 0 spiro atoms. The zero-order chi connectivity index (χ0) is 11.0. The Morgan fingerprint density at radius 1 is 1.12 bits per heavy atom. The van der Waals surface area contributed by atoms with Gasteiger partial charge in [-0.25, -0.2) is 0 Å². The zero-order valence-electron chi connectivity index (χ0n) is 9.86. The standard InChI is InChI=1S/C14H19NO/c1-11-2-4-13(5-3-11)16-14-10-15-8-6-12(14)7-9-15/h2-5,12,14H,6-10H2,1H3/t14-/m0/s1. The quantitative estimate of drug-likeness (QED) is 0.754. The van der Waals surface area contributed by atoms with Gasteiger partial charge in [-0.15, -0.1) is 0 Å². The van der Waals surface area contributed by atoms with E-state index < -0.39 is 0 Å². The van der Waals surface area contributed by atoms with Crippen LogP contribution in [-0.4, -0.2) is 30.6 Å². The van der Waals surface area contributed by atoms with Gasteiger partial charge < -0.3 is 4.74 Å². The molecule has 2 nitrogen and oxygen atoms in total. The normalized spacial score (nSPS) is 32.7. The summed E-state index contributed by atoms with van der Waals surface area (Å²) in [7, 11) is 0. The van der Waals surface area contributed by atoms with Crippen LogP contribution in [0.3, 0.4) is 0 Å². The largest absolute Gasteiger partial charge is 0.489 e. The minimum Gasteiger partial charge on any atom is -0.489 e. The van der Waals surface area contributed by atoms with Crippen molar-refractivity contribution in [1.82, 2.24) is 4.90 Å². The first-order valence-corrected chi connectivity index (χ1v) is 6.27. The minimum atomic E-state index is 0.421. The average Bonchev–Trinajstić information content (AvgIpc) is 2.34. The summed E-state index contributed by atoms with van der Waals surface area (Å²) in [4.78, 5) is 2.53. The molecule has 0 aliphatic carbocycles. The second kappa shape index (κ2) is 4.10. The summed E-state index contributed by atoms with van der Waals surface area (Å²) in [6.45, 7) is 5.79. The summed E-state index contributed by atoms with van der Waals surface area (Å²) in [6.07, 6.45) is 3.05. The molecule has 0 aromatic heterocycles. The number of rotatable bonds is 2. The van der Waals surface area contributed by atoms with Crippen LogP contribution >= 0.6 is 0 Å². The molecule has 2 heteroatoms. The predicted octanol–water partition coefficient (Wildman–Crippen LogP) is 2.47. The lowest BCUT2D eigenvalue weighted by Crippen LogP contribution is -2.52. The SMILES string of the molecule is Cc1ccc(O[C@H]2CN3CCC2CC3)cc1. The number of piperidine rings is 3. The average molecular weight is 217 g/mol. The molecule has 86 valence electrons. The fourth-order valence-electron chi connectivity index (χ4n) is 2.84. The van der Waals surface area contributed by atoms with Crippen LogP contribution in [0.4, 0.5) is 0 Å². The maximum Gasteiger partial charge on any atom is 0.119 e. The predicted molar refractivity (Wildman–Crippen MR) is 64.8 cm³/mol. The van der Waals surface area contributed by atoms with Crippen molar-refractivity contribution in [2.45, 2.75) is 25.9 Å². The van der Waals surface area contributed by atoms with E-state index in [9.17, 15) is 0 Å². The molecule has 4 rings (SSSR count). The van der Waals surface area contributed by atoms with Crippen molar-refractivity contribution in [1.29, 1.82) is 0 Å². The number of ether oxygens (including phenoxy) is 1. The van der Waals surface area contributed by atoms with Gasteiger partial charge in [0.2, 0.25) is 0 Å². The van der Waals surface area contributed by atoms with Crippen molar-refractivity contribution >= 4 is 0 Å². The van der Waals surface area contributed by atoms with Crippen molar-refractivity contribution in [3.63, 3.8) is 0 Å². The molecule has 3 aliphatic rings. The Morgan fingerprint density at radius 3 is 2.38 bits per heavy atom. The van der Waals surface area contributed by atoms with Crippen LogP contribution in [0.2, 0.25) is 0 Å². The van der Waals surface area contributed by atoms with Gasteiger partial charge in [0, 0.05) is 6.54 Å². The van der Waals surface area contributed by atoms with E-state index in [4.69, 9.17) is 4.74 Å². The van der Waals surface area contributed by atoms with Gasteiger partial charge in [-0.3, -0.25) is 4.90 Å². The Labute approximate surface area is 97.2 Å². The van der Waals surface area contributed by atoms with Crippen LogP contribution in [0, 0.1) is 12.8 Å². The van der Waals surface area contributed by atoms with Gasteiger partial charge >= 0.3 is 0 Å². The van der Waals surface area contributed by atoms with Crippen LogP contribution in [0.1, 0.15) is 18.4 Å². The molecular weight excluding hydrogens is 198 g/mol. The first-order chi connectivity index (χ1) is 7.81. The highest BCUT2D eigenvalue weighted by Gasteiger charge is 2.35. The summed E-state index contributed by atoms with van der Waals surface area (Å²) in [5.41, 5.74) is 1.29. The van der Waals surface area contributed by atoms with Crippen LogP contribution in [-0.2, 0) is 0 Å². The number of nitrogens with zero attached hydrogens (tertiary/aromatic N) is 1. The molecule has 3 aliphatic heterocycles.